The molecule has 0 bridgehead atoms. The molecule has 0 aromatic heterocycles. The average Bonchev–Trinajstić information content (AvgIpc) is 2.39. The van der Waals surface area contributed by atoms with Crippen LogP contribution >= 0.6 is 23.5 Å². The van der Waals surface area contributed by atoms with Crippen molar-refractivity contribution in [3.05, 3.63) is 0 Å². The van der Waals surface area contributed by atoms with E-state index in [2.05, 4.69) is 4.74 Å². The van der Waals surface area contributed by atoms with Crippen molar-refractivity contribution < 1.29 is 19.4 Å². The second-order valence-corrected chi connectivity index (χ2v) is 7.83. The molecule has 0 aliphatic carbocycles. The number of ether oxygens (including phenoxy) is 1. The Bertz CT molecular complexity index is 301. The van der Waals surface area contributed by atoms with Crippen molar-refractivity contribution in [2.75, 3.05) is 18.6 Å². The van der Waals surface area contributed by atoms with Crippen molar-refractivity contribution in [1.82, 2.24) is 0 Å². The summed E-state index contributed by atoms with van der Waals surface area (Å²) in [7, 11) is 1.40. The van der Waals surface area contributed by atoms with E-state index in [9.17, 15) is 14.7 Å². The number of carbonyl (C=O) groups excluding carboxylic acids is 2. The van der Waals surface area contributed by atoms with Crippen LogP contribution in [0.15, 0.2) is 0 Å². The lowest BCUT2D eigenvalue weighted by Gasteiger charge is -2.36. The zero-order chi connectivity index (χ0) is 14.1. The van der Waals surface area contributed by atoms with Crippen LogP contribution in [0.5, 0.6) is 0 Å². The molecule has 0 radical (unpaired) electrons. The maximum atomic E-state index is 11.1. The highest BCUT2D eigenvalue weighted by molar-refractivity contribution is 8.18. The monoisotopic (exact) mass is 305 g/mol. The molecular weight excluding hydrogens is 284 g/mol. The molecule has 1 heterocycles. The number of rotatable bonds is 8. The first kappa shape index (κ1) is 16.7. The molecule has 4 nitrogen and oxygen atoms in total. The normalized spacial score (nSPS) is 17.9. The highest BCUT2D eigenvalue weighted by atomic mass is 32.2. The van der Waals surface area contributed by atoms with Crippen LogP contribution in [0.25, 0.3) is 0 Å². The van der Waals surface area contributed by atoms with Crippen LogP contribution in [0, 0.1) is 0 Å². The average molecular weight is 305 g/mol. The number of carboxylic acids is 1. The summed E-state index contributed by atoms with van der Waals surface area (Å²) in [5, 5.41) is 10.5. The quantitative estimate of drug-likeness (QED) is 0.637. The number of carbonyl (C=O) groups is 2. The zero-order valence-electron chi connectivity index (χ0n) is 11.3. The van der Waals surface area contributed by atoms with Gasteiger partial charge in [0.25, 0.3) is 0 Å². The minimum Gasteiger partial charge on any atom is -0.550 e. The van der Waals surface area contributed by atoms with Crippen LogP contribution in [-0.4, -0.2) is 34.6 Å². The topological polar surface area (TPSA) is 66.4 Å². The third-order valence-electron chi connectivity index (χ3n) is 3.12. The smallest absolute Gasteiger partial charge is 0.305 e. The molecule has 0 N–H and O–H groups in total. The van der Waals surface area contributed by atoms with E-state index in [0.717, 1.165) is 30.8 Å². The van der Waals surface area contributed by atoms with Crippen molar-refractivity contribution >= 4 is 35.5 Å². The van der Waals surface area contributed by atoms with E-state index < -0.39 is 5.97 Å². The highest BCUT2D eigenvalue weighted by Crippen LogP contribution is 2.49. The molecule has 1 saturated heterocycles. The Labute approximate surface area is 123 Å². The van der Waals surface area contributed by atoms with Crippen molar-refractivity contribution in [3.63, 3.8) is 0 Å². The Hall–Kier alpha value is -0.360. The van der Waals surface area contributed by atoms with Gasteiger partial charge in [0.1, 0.15) is 0 Å². The summed E-state index contributed by atoms with van der Waals surface area (Å²) >= 11 is 3.84. The van der Waals surface area contributed by atoms with Gasteiger partial charge in [-0.15, -0.1) is 23.5 Å². The summed E-state index contributed by atoms with van der Waals surface area (Å²) in [5.74, 6) is 1.10. The maximum absolute atomic E-state index is 11.1. The molecule has 19 heavy (non-hydrogen) atoms. The SMILES string of the molecule is COC(=O)CCCC1(CCCC(=O)[O-])SCCCS1. The highest BCUT2D eigenvalue weighted by Gasteiger charge is 2.32. The van der Waals surface area contributed by atoms with E-state index >= 15 is 0 Å². The molecule has 0 atom stereocenters. The van der Waals surface area contributed by atoms with Crippen molar-refractivity contribution in [1.29, 1.82) is 0 Å². The van der Waals surface area contributed by atoms with Crippen LogP contribution in [0.1, 0.15) is 44.9 Å². The fourth-order valence-corrected chi connectivity index (χ4v) is 5.63. The molecule has 1 aliphatic heterocycles. The van der Waals surface area contributed by atoms with E-state index in [1.165, 1.54) is 13.5 Å². The van der Waals surface area contributed by atoms with Crippen LogP contribution in [0.3, 0.4) is 0 Å². The van der Waals surface area contributed by atoms with Gasteiger partial charge in [-0.3, -0.25) is 4.79 Å². The van der Waals surface area contributed by atoms with E-state index in [0.29, 0.717) is 12.8 Å². The lowest BCUT2D eigenvalue weighted by Crippen LogP contribution is -2.27. The second-order valence-electron chi connectivity index (χ2n) is 4.62. The lowest BCUT2D eigenvalue weighted by molar-refractivity contribution is -0.305. The van der Waals surface area contributed by atoms with Gasteiger partial charge in [-0.2, -0.15) is 0 Å². The van der Waals surface area contributed by atoms with Gasteiger partial charge < -0.3 is 14.6 Å². The number of esters is 1. The van der Waals surface area contributed by atoms with Gasteiger partial charge in [-0.05, 0) is 50.0 Å². The van der Waals surface area contributed by atoms with Crippen molar-refractivity contribution in [2.24, 2.45) is 0 Å². The molecular formula is C13H21O4S2-. The lowest BCUT2D eigenvalue weighted by atomic mass is 10.1. The molecule has 0 aromatic rings. The predicted octanol–water partition coefficient (Wildman–Crippen LogP) is 1.82. The summed E-state index contributed by atoms with van der Waals surface area (Å²) < 4.78 is 4.73. The van der Waals surface area contributed by atoms with Gasteiger partial charge in [0, 0.05) is 12.4 Å². The second kappa shape index (κ2) is 8.74. The Morgan fingerprint density at radius 1 is 1.16 bits per heavy atom. The number of thioether (sulfide) groups is 2. The third kappa shape index (κ3) is 6.56. The molecule has 0 amide bonds. The fourth-order valence-electron chi connectivity index (χ4n) is 2.14. The minimum atomic E-state index is -0.976. The summed E-state index contributed by atoms with van der Waals surface area (Å²) in [6, 6.07) is 0. The molecule has 1 aliphatic rings. The number of methoxy groups -OCH3 is 1. The van der Waals surface area contributed by atoms with Crippen LogP contribution < -0.4 is 5.11 Å². The number of hydrogen-bond acceptors (Lipinski definition) is 6. The van der Waals surface area contributed by atoms with Gasteiger partial charge in [0.2, 0.25) is 0 Å². The number of aliphatic carboxylic acids is 1. The Kier molecular flexibility index (Phi) is 7.68. The van der Waals surface area contributed by atoms with Gasteiger partial charge in [0.05, 0.1) is 11.2 Å². The van der Waals surface area contributed by atoms with Gasteiger partial charge in [-0.25, -0.2) is 0 Å². The molecule has 1 rings (SSSR count). The summed E-state index contributed by atoms with van der Waals surface area (Å²) in [4.78, 5) is 21.6. The van der Waals surface area contributed by atoms with Crippen LogP contribution in [0.4, 0.5) is 0 Å². The third-order valence-corrected chi connectivity index (χ3v) is 6.69. The summed E-state index contributed by atoms with van der Waals surface area (Å²) in [6.45, 7) is 0. The van der Waals surface area contributed by atoms with E-state index in [-0.39, 0.29) is 16.5 Å². The Morgan fingerprint density at radius 3 is 2.26 bits per heavy atom. The molecule has 0 spiro atoms. The first-order valence-electron chi connectivity index (χ1n) is 6.62. The Balaban J connectivity index is 2.40. The predicted molar refractivity (Wildman–Crippen MR) is 77.0 cm³/mol. The molecule has 0 saturated carbocycles. The summed E-state index contributed by atoms with van der Waals surface area (Å²) in [5.41, 5.74) is 0. The van der Waals surface area contributed by atoms with Crippen molar-refractivity contribution in [2.45, 2.75) is 49.0 Å². The Morgan fingerprint density at radius 2 is 1.74 bits per heavy atom. The van der Waals surface area contributed by atoms with E-state index in [1.807, 2.05) is 23.5 Å². The number of hydrogen-bond donors (Lipinski definition) is 0. The van der Waals surface area contributed by atoms with Crippen LogP contribution in [0.2, 0.25) is 0 Å². The zero-order valence-corrected chi connectivity index (χ0v) is 12.9. The van der Waals surface area contributed by atoms with Crippen molar-refractivity contribution in [3.8, 4) is 0 Å². The molecule has 0 aromatic carbocycles. The summed E-state index contributed by atoms with van der Waals surface area (Å²) in [6.07, 6.45) is 5.04. The molecule has 0 unspecified atom stereocenters. The van der Waals surface area contributed by atoms with Gasteiger partial charge in [-0.1, -0.05) is 0 Å². The van der Waals surface area contributed by atoms with Crippen LogP contribution in [-0.2, 0) is 14.3 Å². The van der Waals surface area contributed by atoms with Gasteiger partial charge >= 0.3 is 5.97 Å². The van der Waals surface area contributed by atoms with E-state index in [1.54, 1.807) is 0 Å². The first-order chi connectivity index (χ1) is 9.08. The number of carboxylic acid groups (broad SMARTS) is 1. The molecule has 6 heteroatoms. The van der Waals surface area contributed by atoms with Gasteiger partial charge in [0.15, 0.2) is 0 Å². The molecule has 1 fully saturated rings. The standard InChI is InChI=1S/C13H22O4S2/c1-17-12(16)6-3-8-13(7-2-5-11(14)15)18-9-4-10-19-13/h2-10H2,1H3,(H,14,15)/p-1. The minimum absolute atomic E-state index is 0.0850. The van der Waals surface area contributed by atoms with E-state index in [4.69, 9.17) is 0 Å². The first-order valence-corrected chi connectivity index (χ1v) is 8.60. The molecule has 110 valence electrons. The fraction of sp³-hybridized carbons (Fsp3) is 0.846. The largest absolute Gasteiger partial charge is 0.550 e. The maximum Gasteiger partial charge on any atom is 0.305 e.